The normalized spacial score (nSPS) is 23.1. The molecule has 2 rings (SSSR count). The van der Waals surface area contributed by atoms with Gasteiger partial charge in [-0.2, -0.15) is 0 Å². The number of aliphatic carboxylic acids is 1. The van der Waals surface area contributed by atoms with Crippen LogP contribution < -0.4 is 5.56 Å². The minimum absolute atomic E-state index is 0.0220. The summed E-state index contributed by atoms with van der Waals surface area (Å²) in [7, 11) is 0. The minimum atomic E-state index is -1.19. The number of carbonyl (C=O) groups is 2. The summed E-state index contributed by atoms with van der Waals surface area (Å²) in [6.45, 7) is -0.0792. The van der Waals surface area contributed by atoms with Crippen molar-refractivity contribution in [1.82, 2.24) is 9.88 Å². The highest BCUT2D eigenvalue weighted by Crippen LogP contribution is 2.19. The number of hydrogen-bond acceptors (Lipinski definition) is 4. The van der Waals surface area contributed by atoms with E-state index < -0.39 is 29.6 Å². The van der Waals surface area contributed by atoms with Gasteiger partial charge in [-0.1, -0.05) is 0 Å². The Kier molecular flexibility index (Phi) is 3.15. The van der Waals surface area contributed by atoms with Crippen molar-refractivity contribution in [3.63, 3.8) is 0 Å². The van der Waals surface area contributed by atoms with E-state index in [2.05, 4.69) is 4.98 Å². The molecule has 3 N–H and O–H groups in total. The van der Waals surface area contributed by atoms with Crippen molar-refractivity contribution in [1.29, 1.82) is 0 Å². The van der Waals surface area contributed by atoms with Crippen LogP contribution in [-0.2, 0) is 4.79 Å². The van der Waals surface area contributed by atoms with E-state index in [-0.39, 0.29) is 18.5 Å². The van der Waals surface area contributed by atoms with Gasteiger partial charge in [-0.05, 0) is 12.1 Å². The highest BCUT2D eigenvalue weighted by Gasteiger charge is 2.39. The SMILES string of the molecule is O=C(O)[C@@H]1C[C@H](O)CN1C(=O)c1ccc[nH]c1=O. The number of H-pyrrole nitrogens is 1. The van der Waals surface area contributed by atoms with Gasteiger partial charge in [0.05, 0.1) is 6.10 Å². The monoisotopic (exact) mass is 252 g/mol. The number of carbonyl (C=O) groups excluding carboxylic acids is 1. The standard InChI is InChI=1S/C11H12N2O5/c14-6-4-8(11(17)18)13(5-6)10(16)7-2-1-3-12-9(7)15/h1-3,6,8,14H,4-5H2,(H,12,15)(H,17,18)/t6-,8-/m0/s1. The number of likely N-dealkylation sites (tertiary alicyclic amines) is 1. The zero-order valence-corrected chi connectivity index (χ0v) is 9.37. The van der Waals surface area contributed by atoms with Gasteiger partial charge < -0.3 is 20.1 Å². The summed E-state index contributed by atoms with van der Waals surface area (Å²) in [6.07, 6.45) is 0.483. The first-order valence-electron chi connectivity index (χ1n) is 5.40. The molecule has 0 bridgehead atoms. The molecule has 18 heavy (non-hydrogen) atoms. The Morgan fingerprint density at radius 1 is 1.44 bits per heavy atom. The molecule has 1 aromatic heterocycles. The molecule has 0 spiro atoms. The summed E-state index contributed by atoms with van der Waals surface area (Å²) < 4.78 is 0. The Morgan fingerprint density at radius 2 is 2.17 bits per heavy atom. The first-order valence-corrected chi connectivity index (χ1v) is 5.40. The molecule has 7 nitrogen and oxygen atoms in total. The van der Waals surface area contributed by atoms with Crippen LogP contribution in [0.15, 0.2) is 23.1 Å². The molecule has 96 valence electrons. The summed E-state index contributed by atoms with van der Waals surface area (Å²) in [6, 6.07) is 1.72. The third kappa shape index (κ3) is 2.12. The lowest BCUT2D eigenvalue weighted by Gasteiger charge is -2.20. The van der Waals surface area contributed by atoms with Crippen LogP contribution in [0.1, 0.15) is 16.8 Å². The minimum Gasteiger partial charge on any atom is -0.480 e. The number of amides is 1. The van der Waals surface area contributed by atoms with Crippen molar-refractivity contribution in [2.24, 2.45) is 0 Å². The highest BCUT2D eigenvalue weighted by atomic mass is 16.4. The average molecular weight is 252 g/mol. The van der Waals surface area contributed by atoms with Gasteiger partial charge in [-0.15, -0.1) is 0 Å². The van der Waals surface area contributed by atoms with Crippen molar-refractivity contribution in [3.8, 4) is 0 Å². The van der Waals surface area contributed by atoms with E-state index in [0.29, 0.717) is 0 Å². The molecule has 7 heteroatoms. The summed E-state index contributed by atoms with van der Waals surface area (Å²) in [5.74, 6) is -1.87. The number of pyridine rings is 1. The molecule has 0 radical (unpaired) electrons. The molecule has 1 aliphatic heterocycles. The molecule has 0 aromatic carbocycles. The van der Waals surface area contributed by atoms with Crippen LogP contribution in [0, 0.1) is 0 Å². The molecule has 0 unspecified atom stereocenters. The van der Waals surface area contributed by atoms with E-state index in [9.17, 15) is 19.5 Å². The third-order valence-electron chi connectivity index (χ3n) is 2.87. The van der Waals surface area contributed by atoms with E-state index in [4.69, 9.17) is 5.11 Å². The fraction of sp³-hybridized carbons (Fsp3) is 0.364. The zero-order valence-electron chi connectivity index (χ0n) is 9.37. The smallest absolute Gasteiger partial charge is 0.326 e. The van der Waals surface area contributed by atoms with E-state index in [1.807, 2.05) is 0 Å². The van der Waals surface area contributed by atoms with Crippen molar-refractivity contribution in [2.75, 3.05) is 6.54 Å². The van der Waals surface area contributed by atoms with E-state index in [1.165, 1.54) is 18.3 Å². The van der Waals surface area contributed by atoms with Crippen molar-refractivity contribution in [3.05, 3.63) is 34.2 Å². The van der Waals surface area contributed by atoms with Crippen molar-refractivity contribution in [2.45, 2.75) is 18.6 Å². The fourth-order valence-corrected chi connectivity index (χ4v) is 2.02. The highest BCUT2D eigenvalue weighted by molar-refractivity contribution is 5.96. The number of rotatable bonds is 2. The third-order valence-corrected chi connectivity index (χ3v) is 2.87. The molecule has 1 aromatic rings. The molecule has 1 amide bonds. The van der Waals surface area contributed by atoms with Crippen LogP contribution in [0.2, 0.25) is 0 Å². The lowest BCUT2D eigenvalue weighted by atomic mass is 10.2. The van der Waals surface area contributed by atoms with Gasteiger partial charge in [0.25, 0.3) is 11.5 Å². The Hall–Kier alpha value is -2.15. The summed E-state index contributed by atoms with van der Waals surface area (Å²) in [5, 5.41) is 18.4. The van der Waals surface area contributed by atoms with E-state index >= 15 is 0 Å². The van der Waals surface area contributed by atoms with Gasteiger partial charge in [0.2, 0.25) is 0 Å². The maximum Gasteiger partial charge on any atom is 0.326 e. The number of carboxylic acid groups (broad SMARTS) is 1. The van der Waals surface area contributed by atoms with Gasteiger partial charge in [-0.25, -0.2) is 4.79 Å². The molecule has 1 saturated heterocycles. The number of β-amino-alcohol motifs (C(OH)–C–C–N with tert-alkyl or cyclic N) is 1. The number of hydrogen-bond donors (Lipinski definition) is 3. The molecule has 1 aliphatic rings. The Bertz CT molecular complexity index is 538. The van der Waals surface area contributed by atoms with Crippen LogP contribution in [0.3, 0.4) is 0 Å². The second kappa shape index (κ2) is 4.61. The van der Waals surface area contributed by atoms with Gasteiger partial charge in [0.15, 0.2) is 0 Å². The van der Waals surface area contributed by atoms with Crippen LogP contribution >= 0.6 is 0 Å². The van der Waals surface area contributed by atoms with Crippen molar-refractivity contribution < 1.29 is 19.8 Å². The number of aliphatic hydroxyl groups is 1. The molecule has 2 heterocycles. The molecular weight excluding hydrogens is 240 g/mol. The Balaban J connectivity index is 2.31. The predicted octanol–water partition coefficient (Wildman–Crippen LogP) is -0.965. The summed E-state index contributed by atoms with van der Waals surface area (Å²) in [5.41, 5.74) is -0.703. The first-order chi connectivity index (χ1) is 8.50. The van der Waals surface area contributed by atoms with Gasteiger partial charge in [0.1, 0.15) is 11.6 Å². The van der Waals surface area contributed by atoms with Gasteiger partial charge in [-0.3, -0.25) is 9.59 Å². The average Bonchev–Trinajstić information content (AvgIpc) is 2.71. The summed E-state index contributed by atoms with van der Waals surface area (Å²) >= 11 is 0. The second-order valence-corrected chi connectivity index (χ2v) is 4.11. The lowest BCUT2D eigenvalue weighted by Crippen LogP contribution is -2.42. The fourth-order valence-electron chi connectivity index (χ4n) is 2.02. The maximum atomic E-state index is 12.1. The Morgan fingerprint density at radius 3 is 2.78 bits per heavy atom. The van der Waals surface area contributed by atoms with Crippen LogP contribution in [0.5, 0.6) is 0 Å². The number of aromatic nitrogens is 1. The lowest BCUT2D eigenvalue weighted by molar-refractivity contribution is -0.141. The summed E-state index contributed by atoms with van der Waals surface area (Å²) in [4.78, 5) is 37.9. The Labute approximate surface area is 102 Å². The molecule has 0 aliphatic carbocycles. The van der Waals surface area contributed by atoms with Gasteiger partial charge >= 0.3 is 5.97 Å². The molecular formula is C11H12N2O5. The topological polar surface area (TPSA) is 111 Å². The quantitative estimate of drug-likeness (QED) is 0.627. The molecule has 1 fully saturated rings. The number of aliphatic hydroxyl groups excluding tert-OH is 1. The van der Waals surface area contributed by atoms with Crippen LogP contribution in [0.25, 0.3) is 0 Å². The largest absolute Gasteiger partial charge is 0.480 e. The van der Waals surface area contributed by atoms with Crippen LogP contribution in [-0.4, -0.2) is 50.7 Å². The number of nitrogens with one attached hydrogen (secondary N) is 1. The molecule has 2 atom stereocenters. The zero-order chi connectivity index (χ0) is 13.3. The number of aromatic amines is 1. The number of nitrogens with zero attached hydrogens (tertiary/aromatic N) is 1. The van der Waals surface area contributed by atoms with Gasteiger partial charge in [0, 0.05) is 19.2 Å². The number of carboxylic acids is 1. The first kappa shape index (κ1) is 12.3. The van der Waals surface area contributed by atoms with Crippen molar-refractivity contribution >= 4 is 11.9 Å². The van der Waals surface area contributed by atoms with E-state index in [1.54, 1.807) is 0 Å². The second-order valence-electron chi connectivity index (χ2n) is 4.11. The van der Waals surface area contributed by atoms with Crippen LogP contribution in [0.4, 0.5) is 0 Å². The maximum absolute atomic E-state index is 12.1. The van der Waals surface area contributed by atoms with E-state index in [0.717, 1.165) is 4.90 Å². The molecule has 0 saturated carbocycles. The predicted molar refractivity (Wildman–Crippen MR) is 60.1 cm³/mol.